The van der Waals surface area contributed by atoms with Gasteiger partial charge in [-0.15, -0.1) is 0 Å². The van der Waals surface area contributed by atoms with E-state index in [4.69, 9.17) is 4.74 Å². The van der Waals surface area contributed by atoms with Crippen LogP contribution in [-0.4, -0.2) is 54.1 Å². The van der Waals surface area contributed by atoms with E-state index >= 15 is 0 Å². The second kappa shape index (κ2) is 6.54. The van der Waals surface area contributed by atoms with Crippen molar-refractivity contribution in [2.45, 2.75) is 32.3 Å². The van der Waals surface area contributed by atoms with Crippen LogP contribution in [0.4, 0.5) is 5.82 Å². The number of rotatable bonds is 4. The molecule has 1 aliphatic heterocycles. The summed E-state index contributed by atoms with van der Waals surface area (Å²) in [5.41, 5.74) is 0. The zero-order valence-corrected chi connectivity index (χ0v) is 12.4. The monoisotopic (exact) mass is 278 g/mol. The Balaban J connectivity index is 2.04. The van der Waals surface area contributed by atoms with Crippen LogP contribution in [0.15, 0.2) is 12.4 Å². The Bertz CT molecular complexity index is 464. The van der Waals surface area contributed by atoms with Crippen LogP contribution in [0, 0.1) is 0 Å². The summed E-state index contributed by atoms with van der Waals surface area (Å²) in [6.45, 7) is 3.35. The van der Waals surface area contributed by atoms with Gasteiger partial charge in [-0.25, -0.2) is 9.97 Å². The molecule has 1 fully saturated rings. The Labute approximate surface area is 119 Å². The van der Waals surface area contributed by atoms with Crippen molar-refractivity contribution in [3.63, 3.8) is 0 Å². The van der Waals surface area contributed by atoms with Gasteiger partial charge in [0.1, 0.15) is 6.10 Å². The fraction of sp³-hybridized carbons (Fsp3) is 0.643. The number of ether oxygens (including phenoxy) is 1. The molecule has 2 rings (SSSR count). The number of hydrogen-bond acceptors (Lipinski definition) is 5. The van der Waals surface area contributed by atoms with Gasteiger partial charge in [-0.2, -0.15) is 0 Å². The van der Waals surface area contributed by atoms with Gasteiger partial charge in [-0.1, -0.05) is 6.92 Å². The molecule has 1 saturated heterocycles. The minimum atomic E-state index is -0.00495. The highest BCUT2D eigenvalue weighted by molar-refractivity contribution is 5.75. The van der Waals surface area contributed by atoms with E-state index < -0.39 is 0 Å². The lowest BCUT2D eigenvalue weighted by Crippen LogP contribution is -2.44. The van der Waals surface area contributed by atoms with Gasteiger partial charge in [-0.3, -0.25) is 4.79 Å². The summed E-state index contributed by atoms with van der Waals surface area (Å²) >= 11 is 0. The van der Waals surface area contributed by atoms with Gasteiger partial charge in [0.25, 0.3) is 5.88 Å². The lowest BCUT2D eigenvalue weighted by atomic mass is 10.1. The third kappa shape index (κ3) is 3.37. The molecule has 0 N–H and O–H groups in total. The summed E-state index contributed by atoms with van der Waals surface area (Å²) in [4.78, 5) is 24.1. The first-order valence-electron chi connectivity index (χ1n) is 7.04. The molecular weight excluding hydrogens is 256 g/mol. The standard InChI is InChI=1S/C14H22N4O2/c1-4-12(19)18-9-5-6-11(10-18)20-14-13(17(2)3)15-7-8-16-14/h7-8,11H,4-6,9-10H2,1-3H3. The lowest BCUT2D eigenvalue weighted by molar-refractivity contribution is -0.133. The Kier molecular flexibility index (Phi) is 4.76. The van der Waals surface area contributed by atoms with Crippen molar-refractivity contribution in [1.82, 2.24) is 14.9 Å². The van der Waals surface area contributed by atoms with E-state index in [9.17, 15) is 4.79 Å². The molecule has 6 nitrogen and oxygen atoms in total. The van der Waals surface area contributed by atoms with Gasteiger partial charge in [0.2, 0.25) is 5.91 Å². The second-order valence-electron chi connectivity index (χ2n) is 5.15. The molecule has 0 radical (unpaired) electrons. The molecule has 0 spiro atoms. The van der Waals surface area contributed by atoms with Crippen molar-refractivity contribution >= 4 is 11.7 Å². The van der Waals surface area contributed by atoms with Crippen molar-refractivity contribution in [2.75, 3.05) is 32.1 Å². The number of hydrogen-bond donors (Lipinski definition) is 0. The zero-order valence-electron chi connectivity index (χ0n) is 12.4. The van der Waals surface area contributed by atoms with Crippen molar-refractivity contribution in [2.24, 2.45) is 0 Å². The van der Waals surface area contributed by atoms with E-state index in [1.165, 1.54) is 0 Å². The summed E-state index contributed by atoms with van der Waals surface area (Å²) in [5.74, 6) is 1.44. The number of piperidine rings is 1. The smallest absolute Gasteiger partial charge is 0.257 e. The average Bonchev–Trinajstić information content (AvgIpc) is 2.47. The van der Waals surface area contributed by atoms with Gasteiger partial charge < -0.3 is 14.5 Å². The van der Waals surface area contributed by atoms with E-state index in [-0.39, 0.29) is 12.0 Å². The van der Waals surface area contributed by atoms with E-state index in [1.54, 1.807) is 12.4 Å². The maximum absolute atomic E-state index is 11.8. The van der Waals surface area contributed by atoms with Crippen molar-refractivity contribution in [3.8, 4) is 5.88 Å². The quantitative estimate of drug-likeness (QED) is 0.831. The summed E-state index contributed by atoms with van der Waals surface area (Å²) in [7, 11) is 3.81. The van der Waals surface area contributed by atoms with Gasteiger partial charge in [0.15, 0.2) is 5.82 Å². The predicted octanol–water partition coefficient (Wildman–Crippen LogP) is 1.32. The van der Waals surface area contributed by atoms with Crippen LogP contribution in [0.25, 0.3) is 0 Å². The molecule has 0 aromatic carbocycles. The minimum Gasteiger partial charge on any atom is -0.470 e. The normalized spacial score (nSPS) is 18.8. The SMILES string of the molecule is CCC(=O)N1CCCC(Oc2nccnc2N(C)C)C1. The van der Waals surface area contributed by atoms with Crippen molar-refractivity contribution in [1.29, 1.82) is 0 Å². The Hall–Kier alpha value is -1.85. The number of carbonyl (C=O) groups excluding carboxylic acids is 1. The van der Waals surface area contributed by atoms with Crippen LogP contribution < -0.4 is 9.64 Å². The Morgan fingerprint density at radius 2 is 2.20 bits per heavy atom. The molecule has 1 atom stereocenters. The zero-order chi connectivity index (χ0) is 14.5. The van der Waals surface area contributed by atoms with Crippen LogP contribution in [0.5, 0.6) is 5.88 Å². The second-order valence-corrected chi connectivity index (χ2v) is 5.15. The van der Waals surface area contributed by atoms with Gasteiger partial charge in [0, 0.05) is 39.5 Å². The molecule has 1 aliphatic rings. The summed E-state index contributed by atoms with van der Waals surface area (Å²) in [6.07, 6.45) is 5.72. The molecule has 0 bridgehead atoms. The molecule has 2 heterocycles. The highest BCUT2D eigenvalue weighted by Gasteiger charge is 2.25. The largest absolute Gasteiger partial charge is 0.470 e. The minimum absolute atomic E-state index is 0.00495. The molecule has 0 aliphatic carbocycles. The third-order valence-corrected chi connectivity index (χ3v) is 3.38. The van der Waals surface area contributed by atoms with Gasteiger partial charge in [0.05, 0.1) is 6.54 Å². The topological polar surface area (TPSA) is 58.6 Å². The van der Waals surface area contributed by atoms with Crippen molar-refractivity contribution < 1.29 is 9.53 Å². The van der Waals surface area contributed by atoms with E-state index in [0.717, 1.165) is 19.4 Å². The summed E-state index contributed by atoms with van der Waals surface area (Å²) in [5, 5.41) is 0. The Morgan fingerprint density at radius 3 is 2.90 bits per heavy atom. The van der Waals surface area contributed by atoms with E-state index in [2.05, 4.69) is 9.97 Å². The summed E-state index contributed by atoms with van der Waals surface area (Å²) in [6, 6.07) is 0. The van der Waals surface area contributed by atoms with Crippen LogP contribution in [0.3, 0.4) is 0 Å². The summed E-state index contributed by atoms with van der Waals surface area (Å²) < 4.78 is 5.96. The fourth-order valence-corrected chi connectivity index (χ4v) is 2.35. The fourth-order valence-electron chi connectivity index (χ4n) is 2.35. The maximum Gasteiger partial charge on any atom is 0.257 e. The number of aromatic nitrogens is 2. The molecule has 1 unspecified atom stereocenters. The first-order valence-corrected chi connectivity index (χ1v) is 7.04. The van der Waals surface area contributed by atoms with Crippen LogP contribution in [0.1, 0.15) is 26.2 Å². The maximum atomic E-state index is 11.8. The molecular formula is C14H22N4O2. The number of carbonyl (C=O) groups is 1. The van der Waals surface area contributed by atoms with Crippen LogP contribution in [0.2, 0.25) is 0 Å². The number of likely N-dealkylation sites (tertiary alicyclic amines) is 1. The first kappa shape index (κ1) is 14.6. The molecule has 1 aromatic heterocycles. The number of anilines is 1. The predicted molar refractivity (Wildman–Crippen MR) is 76.9 cm³/mol. The third-order valence-electron chi connectivity index (χ3n) is 3.38. The molecule has 1 aromatic rings. The highest BCUT2D eigenvalue weighted by Crippen LogP contribution is 2.24. The van der Waals surface area contributed by atoms with E-state index in [1.807, 2.05) is 30.8 Å². The molecule has 20 heavy (non-hydrogen) atoms. The molecule has 6 heteroatoms. The molecule has 0 saturated carbocycles. The van der Waals surface area contributed by atoms with Gasteiger partial charge in [-0.05, 0) is 12.8 Å². The van der Waals surface area contributed by atoms with Crippen molar-refractivity contribution in [3.05, 3.63) is 12.4 Å². The van der Waals surface area contributed by atoms with E-state index in [0.29, 0.717) is 24.7 Å². The first-order chi connectivity index (χ1) is 9.61. The number of nitrogens with zero attached hydrogens (tertiary/aromatic N) is 4. The number of amides is 1. The average molecular weight is 278 g/mol. The van der Waals surface area contributed by atoms with Crippen LogP contribution >= 0.6 is 0 Å². The van der Waals surface area contributed by atoms with Crippen LogP contribution in [-0.2, 0) is 4.79 Å². The molecule has 110 valence electrons. The Morgan fingerprint density at radius 1 is 1.45 bits per heavy atom. The van der Waals surface area contributed by atoms with Gasteiger partial charge >= 0.3 is 0 Å². The molecule has 1 amide bonds. The highest BCUT2D eigenvalue weighted by atomic mass is 16.5. The lowest BCUT2D eigenvalue weighted by Gasteiger charge is -2.32.